The molecule has 1 aliphatic rings. The van der Waals surface area contributed by atoms with E-state index in [-0.39, 0.29) is 24.0 Å². The maximum Gasteiger partial charge on any atom is 0.246 e. The standard InChI is InChI=1S/C14H27NO3/c1-5-7-17-10-12(16)15-9-11-6-8-18-13(11)14(2,3)4/h11,13H,5-10H2,1-4H3,(H,15,16)/t11-,13+/m1/s1. The van der Waals surface area contributed by atoms with E-state index in [2.05, 4.69) is 26.1 Å². The summed E-state index contributed by atoms with van der Waals surface area (Å²) in [6, 6.07) is 0. The Bertz CT molecular complexity index is 260. The molecule has 0 aliphatic carbocycles. The first kappa shape index (κ1) is 15.4. The van der Waals surface area contributed by atoms with E-state index in [4.69, 9.17) is 9.47 Å². The lowest BCUT2D eigenvalue weighted by atomic mass is 9.81. The summed E-state index contributed by atoms with van der Waals surface area (Å²) in [5.74, 6) is 0.392. The zero-order valence-electron chi connectivity index (χ0n) is 12.1. The molecule has 2 atom stereocenters. The summed E-state index contributed by atoms with van der Waals surface area (Å²) in [7, 11) is 0. The molecule has 1 heterocycles. The molecule has 0 bridgehead atoms. The average Bonchev–Trinajstić information content (AvgIpc) is 2.74. The molecule has 0 spiro atoms. The summed E-state index contributed by atoms with van der Waals surface area (Å²) in [6.07, 6.45) is 2.20. The van der Waals surface area contributed by atoms with Crippen LogP contribution in [0.4, 0.5) is 0 Å². The largest absolute Gasteiger partial charge is 0.377 e. The molecule has 1 rings (SSSR count). The van der Waals surface area contributed by atoms with E-state index < -0.39 is 0 Å². The van der Waals surface area contributed by atoms with Crippen LogP contribution in [0, 0.1) is 11.3 Å². The van der Waals surface area contributed by atoms with Gasteiger partial charge in [-0.25, -0.2) is 0 Å². The van der Waals surface area contributed by atoms with E-state index in [1.807, 2.05) is 6.92 Å². The highest BCUT2D eigenvalue weighted by Gasteiger charge is 2.37. The van der Waals surface area contributed by atoms with E-state index in [1.54, 1.807) is 0 Å². The van der Waals surface area contributed by atoms with Gasteiger partial charge in [-0.1, -0.05) is 27.7 Å². The fourth-order valence-corrected chi connectivity index (χ4v) is 2.41. The molecule has 0 saturated carbocycles. The minimum absolute atomic E-state index is 0.0250. The van der Waals surface area contributed by atoms with Crippen molar-refractivity contribution in [3.8, 4) is 0 Å². The van der Waals surface area contributed by atoms with Crippen molar-refractivity contribution in [1.29, 1.82) is 0 Å². The van der Waals surface area contributed by atoms with Gasteiger partial charge in [0.05, 0.1) is 6.10 Å². The van der Waals surface area contributed by atoms with Crippen molar-refractivity contribution in [2.75, 3.05) is 26.4 Å². The molecule has 0 aromatic carbocycles. The second-order valence-electron chi connectivity index (χ2n) is 6.06. The third kappa shape index (κ3) is 4.94. The van der Waals surface area contributed by atoms with Crippen molar-refractivity contribution in [3.63, 3.8) is 0 Å². The van der Waals surface area contributed by atoms with Gasteiger partial charge in [0.25, 0.3) is 0 Å². The van der Waals surface area contributed by atoms with Gasteiger partial charge in [-0.2, -0.15) is 0 Å². The van der Waals surface area contributed by atoms with E-state index in [0.29, 0.717) is 19.1 Å². The summed E-state index contributed by atoms with van der Waals surface area (Å²) in [5.41, 5.74) is 0.130. The van der Waals surface area contributed by atoms with Crippen LogP contribution in [0.5, 0.6) is 0 Å². The first-order chi connectivity index (χ1) is 8.45. The molecule has 1 amide bonds. The first-order valence-corrected chi connectivity index (χ1v) is 6.91. The molecule has 1 fully saturated rings. The fraction of sp³-hybridized carbons (Fsp3) is 0.929. The summed E-state index contributed by atoms with van der Waals surface area (Å²) in [4.78, 5) is 11.6. The minimum Gasteiger partial charge on any atom is -0.377 e. The van der Waals surface area contributed by atoms with Crippen molar-refractivity contribution >= 4 is 5.91 Å². The van der Waals surface area contributed by atoms with Crippen LogP contribution in [0.25, 0.3) is 0 Å². The third-order valence-corrected chi connectivity index (χ3v) is 3.21. The lowest BCUT2D eigenvalue weighted by Crippen LogP contribution is -2.39. The second-order valence-corrected chi connectivity index (χ2v) is 6.06. The van der Waals surface area contributed by atoms with E-state index in [1.165, 1.54) is 0 Å². The van der Waals surface area contributed by atoms with Gasteiger partial charge in [0, 0.05) is 25.7 Å². The molecule has 0 aromatic rings. The Morgan fingerprint density at radius 1 is 1.44 bits per heavy atom. The molecule has 1 N–H and O–H groups in total. The predicted octanol–water partition coefficient (Wildman–Crippen LogP) is 1.98. The predicted molar refractivity (Wildman–Crippen MR) is 71.4 cm³/mol. The molecule has 0 aromatic heterocycles. The number of amides is 1. The maximum absolute atomic E-state index is 11.6. The van der Waals surface area contributed by atoms with Crippen molar-refractivity contribution in [2.24, 2.45) is 11.3 Å². The number of hydrogen-bond acceptors (Lipinski definition) is 3. The highest BCUT2D eigenvalue weighted by molar-refractivity contribution is 5.77. The second kappa shape index (κ2) is 7.10. The zero-order chi connectivity index (χ0) is 13.6. The van der Waals surface area contributed by atoms with Crippen LogP contribution in [0.15, 0.2) is 0 Å². The van der Waals surface area contributed by atoms with Crippen molar-refractivity contribution in [2.45, 2.75) is 46.6 Å². The summed E-state index contributed by atoms with van der Waals surface area (Å²) in [6.45, 7) is 10.9. The minimum atomic E-state index is -0.0250. The quantitative estimate of drug-likeness (QED) is 0.740. The van der Waals surface area contributed by atoms with E-state index in [9.17, 15) is 4.79 Å². The normalized spacial score (nSPS) is 24.2. The fourth-order valence-electron chi connectivity index (χ4n) is 2.41. The Morgan fingerprint density at radius 3 is 2.78 bits per heavy atom. The van der Waals surface area contributed by atoms with Crippen LogP contribution in [-0.2, 0) is 14.3 Å². The molecule has 4 nitrogen and oxygen atoms in total. The van der Waals surface area contributed by atoms with Crippen LogP contribution < -0.4 is 5.32 Å². The Kier molecular flexibility index (Phi) is 6.09. The topological polar surface area (TPSA) is 47.6 Å². The van der Waals surface area contributed by atoms with Gasteiger partial charge in [0.2, 0.25) is 5.91 Å². The Labute approximate surface area is 110 Å². The van der Waals surface area contributed by atoms with Crippen LogP contribution in [-0.4, -0.2) is 38.4 Å². The lowest BCUT2D eigenvalue weighted by Gasteiger charge is -2.31. The Morgan fingerprint density at radius 2 is 2.17 bits per heavy atom. The van der Waals surface area contributed by atoms with Gasteiger partial charge < -0.3 is 14.8 Å². The molecule has 106 valence electrons. The summed E-state index contributed by atoms with van der Waals surface area (Å²) in [5, 5.41) is 2.94. The van der Waals surface area contributed by atoms with Gasteiger partial charge in [-0.15, -0.1) is 0 Å². The molecule has 4 heteroatoms. The molecule has 0 radical (unpaired) electrons. The first-order valence-electron chi connectivity index (χ1n) is 6.91. The van der Waals surface area contributed by atoms with Crippen molar-refractivity contribution in [1.82, 2.24) is 5.32 Å². The monoisotopic (exact) mass is 257 g/mol. The van der Waals surface area contributed by atoms with Crippen LogP contribution in [0.1, 0.15) is 40.5 Å². The van der Waals surface area contributed by atoms with Crippen LogP contribution in [0.2, 0.25) is 0 Å². The Hall–Kier alpha value is -0.610. The number of nitrogens with one attached hydrogen (secondary N) is 1. The molecule has 0 unspecified atom stereocenters. The smallest absolute Gasteiger partial charge is 0.246 e. The molecule has 18 heavy (non-hydrogen) atoms. The zero-order valence-corrected chi connectivity index (χ0v) is 12.1. The van der Waals surface area contributed by atoms with Gasteiger partial charge in [-0.05, 0) is 18.3 Å². The van der Waals surface area contributed by atoms with Gasteiger partial charge >= 0.3 is 0 Å². The molecule has 1 saturated heterocycles. The highest BCUT2D eigenvalue weighted by atomic mass is 16.5. The highest BCUT2D eigenvalue weighted by Crippen LogP contribution is 2.34. The summed E-state index contributed by atoms with van der Waals surface area (Å²) < 4.78 is 11.0. The maximum atomic E-state index is 11.6. The van der Waals surface area contributed by atoms with Gasteiger partial charge in [0.15, 0.2) is 0 Å². The van der Waals surface area contributed by atoms with Gasteiger partial charge in [-0.3, -0.25) is 4.79 Å². The Balaban J connectivity index is 2.27. The number of hydrogen-bond donors (Lipinski definition) is 1. The summed E-state index contributed by atoms with van der Waals surface area (Å²) >= 11 is 0. The van der Waals surface area contributed by atoms with Crippen molar-refractivity contribution in [3.05, 3.63) is 0 Å². The number of ether oxygens (including phenoxy) is 2. The average molecular weight is 257 g/mol. The lowest BCUT2D eigenvalue weighted by molar-refractivity contribution is -0.126. The molecular weight excluding hydrogens is 230 g/mol. The number of carbonyl (C=O) groups excluding carboxylic acids is 1. The van der Waals surface area contributed by atoms with Crippen LogP contribution >= 0.6 is 0 Å². The van der Waals surface area contributed by atoms with Gasteiger partial charge in [0.1, 0.15) is 6.61 Å². The third-order valence-electron chi connectivity index (χ3n) is 3.21. The molecular formula is C14H27NO3. The number of rotatable bonds is 6. The SMILES string of the molecule is CCCOCC(=O)NC[C@H]1CCO[C@@H]1C(C)(C)C. The van der Waals surface area contributed by atoms with Crippen LogP contribution in [0.3, 0.4) is 0 Å². The van der Waals surface area contributed by atoms with E-state index in [0.717, 1.165) is 19.4 Å². The van der Waals surface area contributed by atoms with E-state index >= 15 is 0 Å². The molecule has 1 aliphatic heterocycles. The van der Waals surface area contributed by atoms with Crippen molar-refractivity contribution < 1.29 is 14.3 Å². The number of carbonyl (C=O) groups is 1.